The number of nitriles is 1. The molecule has 0 radical (unpaired) electrons. The Morgan fingerprint density at radius 2 is 2.24 bits per heavy atom. The molecule has 1 aromatic heterocycles. The van der Waals surface area contributed by atoms with Crippen molar-refractivity contribution >= 4 is 17.5 Å². The van der Waals surface area contributed by atoms with Crippen LogP contribution in [0.3, 0.4) is 0 Å². The van der Waals surface area contributed by atoms with E-state index in [0.29, 0.717) is 17.0 Å². The highest BCUT2D eigenvalue weighted by atomic mass is 16.5. The van der Waals surface area contributed by atoms with Gasteiger partial charge in [-0.1, -0.05) is 13.3 Å². The zero-order valence-electron chi connectivity index (χ0n) is 16.7. The number of ether oxygens (including phenoxy) is 1. The summed E-state index contributed by atoms with van der Waals surface area (Å²) in [6, 6.07) is 5.99. The summed E-state index contributed by atoms with van der Waals surface area (Å²) in [7, 11) is 1.60. The van der Waals surface area contributed by atoms with E-state index in [1.807, 2.05) is 13.0 Å². The molecule has 1 atom stereocenters. The van der Waals surface area contributed by atoms with Crippen molar-refractivity contribution in [3.63, 3.8) is 0 Å². The largest absolute Gasteiger partial charge is 0.489 e. The molecular formula is C21H23N5O3. The second kappa shape index (κ2) is 8.69. The number of hydrogen-bond acceptors (Lipinski definition) is 6. The standard InChI is InChI=1S/C21H23N5O3/c1-4-5-6-15-13(2)11-23-19(24-15)20(27)25-16-12-29-18-9-14(10-22)7-8-17(18)26(3)21(16)28/h7-9,11,16H,4-6,12H2,1-3H3,(H,25,27)/t16-/m0/s1. The molecule has 0 fully saturated rings. The van der Waals surface area contributed by atoms with E-state index in [0.717, 1.165) is 30.5 Å². The van der Waals surface area contributed by atoms with Crippen LogP contribution in [-0.2, 0) is 11.2 Å². The van der Waals surface area contributed by atoms with E-state index in [-0.39, 0.29) is 18.3 Å². The number of carbonyl (C=O) groups is 2. The van der Waals surface area contributed by atoms with Crippen LogP contribution in [0.1, 0.15) is 47.2 Å². The van der Waals surface area contributed by atoms with Gasteiger partial charge in [-0.05, 0) is 37.5 Å². The molecule has 2 amide bonds. The van der Waals surface area contributed by atoms with Crippen molar-refractivity contribution in [1.82, 2.24) is 15.3 Å². The lowest BCUT2D eigenvalue weighted by atomic mass is 10.1. The van der Waals surface area contributed by atoms with E-state index in [1.54, 1.807) is 31.4 Å². The van der Waals surface area contributed by atoms with Gasteiger partial charge >= 0.3 is 0 Å². The topological polar surface area (TPSA) is 108 Å². The number of rotatable bonds is 5. The van der Waals surface area contributed by atoms with Gasteiger partial charge in [-0.15, -0.1) is 0 Å². The number of benzene rings is 1. The van der Waals surface area contributed by atoms with Crippen molar-refractivity contribution in [1.29, 1.82) is 5.26 Å². The molecule has 0 spiro atoms. The zero-order valence-corrected chi connectivity index (χ0v) is 16.7. The van der Waals surface area contributed by atoms with Crippen molar-refractivity contribution < 1.29 is 14.3 Å². The Morgan fingerprint density at radius 1 is 1.45 bits per heavy atom. The molecule has 1 N–H and O–H groups in total. The number of aryl methyl sites for hydroxylation is 2. The molecule has 2 aromatic rings. The lowest BCUT2D eigenvalue weighted by molar-refractivity contribution is -0.120. The smallest absolute Gasteiger partial charge is 0.289 e. The van der Waals surface area contributed by atoms with Gasteiger partial charge in [-0.25, -0.2) is 9.97 Å². The molecule has 2 heterocycles. The maximum atomic E-state index is 12.8. The van der Waals surface area contributed by atoms with Crippen LogP contribution < -0.4 is 15.0 Å². The van der Waals surface area contributed by atoms with Crippen molar-refractivity contribution in [3.05, 3.63) is 47.0 Å². The van der Waals surface area contributed by atoms with Gasteiger partial charge < -0.3 is 15.0 Å². The van der Waals surface area contributed by atoms with Gasteiger partial charge in [0.2, 0.25) is 5.82 Å². The van der Waals surface area contributed by atoms with Crippen LogP contribution in [0.15, 0.2) is 24.4 Å². The second-order valence-electron chi connectivity index (χ2n) is 6.96. The first-order valence-electron chi connectivity index (χ1n) is 9.52. The van der Waals surface area contributed by atoms with E-state index >= 15 is 0 Å². The monoisotopic (exact) mass is 393 g/mol. The fraction of sp³-hybridized carbons (Fsp3) is 0.381. The van der Waals surface area contributed by atoms with Crippen LogP contribution in [0.5, 0.6) is 5.75 Å². The van der Waals surface area contributed by atoms with E-state index in [4.69, 9.17) is 10.00 Å². The number of unbranched alkanes of at least 4 members (excludes halogenated alkanes) is 1. The Morgan fingerprint density at radius 3 is 2.97 bits per heavy atom. The molecule has 150 valence electrons. The lowest BCUT2D eigenvalue weighted by Gasteiger charge is -2.20. The minimum absolute atomic E-state index is 0.0330. The summed E-state index contributed by atoms with van der Waals surface area (Å²) in [5, 5.41) is 11.7. The molecule has 1 aromatic carbocycles. The van der Waals surface area contributed by atoms with E-state index in [1.165, 1.54) is 4.90 Å². The molecule has 0 bridgehead atoms. The molecule has 0 saturated heterocycles. The van der Waals surface area contributed by atoms with Gasteiger partial charge in [0, 0.05) is 25.0 Å². The van der Waals surface area contributed by atoms with Crippen molar-refractivity contribution in [2.24, 2.45) is 0 Å². The van der Waals surface area contributed by atoms with Gasteiger partial charge in [0.1, 0.15) is 18.4 Å². The summed E-state index contributed by atoms with van der Waals surface area (Å²) in [5.41, 5.74) is 2.75. The van der Waals surface area contributed by atoms with Crippen LogP contribution in [0, 0.1) is 18.3 Å². The first-order valence-corrected chi connectivity index (χ1v) is 9.52. The predicted octanol–water partition coefficient (Wildman–Crippen LogP) is 2.15. The number of anilines is 1. The van der Waals surface area contributed by atoms with Gasteiger partial charge in [-0.2, -0.15) is 5.26 Å². The van der Waals surface area contributed by atoms with Gasteiger partial charge in [0.05, 0.1) is 17.3 Å². The first kappa shape index (κ1) is 20.3. The third kappa shape index (κ3) is 4.35. The molecule has 0 unspecified atom stereocenters. The van der Waals surface area contributed by atoms with Gasteiger partial charge in [0.25, 0.3) is 11.8 Å². The molecule has 0 aliphatic carbocycles. The highest BCUT2D eigenvalue weighted by Crippen LogP contribution is 2.31. The Kier molecular flexibility index (Phi) is 6.07. The SMILES string of the molecule is CCCCc1nc(C(=O)N[C@H]2COc3cc(C#N)ccc3N(C)C2=O)ncc1C. The number of fused-ring (bicyclic) bond motifs is 1. The van der Waals surface area contributed by atoms with Crippen LogP contribution in [0.2, 0.25) is 0 Å². The Bertz CT molecular complexity index is 983. The summed E-state index contributed by atoms with van der Waals surface area (Å²) in [5.74, 6) is -0.391. The number of nitrogens with one attached hydrogen (secondary N) is 1. The highest BCUT2D eigenvalue weighted by molar-refractivity contribution is 6.02. The molecule has 8 heteroatoms. The normalized spacial score (nSPS) is 15.7. The maximum Gasteiger partial charge on any atom is 0.289 e. The quantitative estimate of drug-likeness (QED) is 0.834. The highest BCUT2D eigenvalue weighted by Gasteiger charge is 2.31. The third-order valence-electron chi connectivity index (χ3n) is 4.84. The number of nitrogens with zero attached hydrogens (tertiary/aromatic N) is 4. The molecule has 0 saturated carbocycles. The van der Waals surface area contributed by atoms with Crippen molar-refractivity contribution in [2.75, 3.05) is 18.6 Å². The first-order chi connectivity index (χ1) is 13.9. The molecule has 3 rings (SSSR count). The fourth-order valence-electron chi connectivity index (χ4n) is 3.08. The Hall–Kier alpha value is -3.47. The second-order valence-corrected chi connectivity index (χ2v) is 6.96. The van der Waals surface area contributed by atoms with Crippen LogP contribution in [0.25, 0.3) is 0 Å². The van der Waals surface area contributed by atoms with Crippen LogP contribution >= 0.6 is 0 Å². The van der Waals surface area contributed by atoms with E-state index < -0.39 is 11.9 Å². The number of amides is 2. The third-order valence-corrected chi connectivity index (χ3v) is 4.84. The summed E-state index contributed by atoms with van der Waals surface area (Å²) in [6.07, 6.45) is 4.40. The van der Waals surface area contributed by atoms with Crippen LogP contribution in [0.4, 0.5) is 5.69 Å². The molecule has 1 aliphatic rings. The van der Waals surface area contributed by atoms with E-state index in [2.05, 4.69) is 22.2 Å². The number of hydrogen-bond donors (Lipinski definition) is 1. The van der Waals surface area contributed by atoms with Crippen LogP contribution in [-0.4, -0.2) is 41.5 Å². The average molecular weight is 393 g/mol. The number of likely N-dealkylation sites (N-methyl/N-ethyl adjacent to an activating group) is 1. The van der Waals surface area contributed by atoms with Crippen molar-refractivity contribution in [3.8, 4) is 11.8 Å². The van der Waals surface area contributed by atoms with Gasteiger partial charge in [-0.3, -0.25) is 9.59 Å². The molecule has 8 nitrogen and oxygen atoms in total. The molecule has 1 aliphatic heterocycles. The number of aromatic nitrogens is 2. The fourth-order valence-corrected chi connectivity index (χ4v) is 3.08. The number of carbonyl (C=O) groups excluding carboxylic acids is 2. The summed E-state index contributed by atoms with van der Waals surface area (Å²) in [4.78, 5) is 35.4. The average Bonchev–Trinajstić information content (AvgIpc) is 2.84. The lowest BCUT2D eigenvalue weighted by Crippen LogP contribution is -2.49. The Balaban J connectivity index is 1.78. The van der Waals surface area contributed by atoms with E-state index in [9.17, 15) is 9.59 Å². The zero-order chi connectivity index (χ0) is 21.0. The Labute approximate surface area is 169 Å². The minimum Gasteiger partial charge on any atom is -0.489 e. The summed E-state index contributed by atoms with van der Waals surface area (Å²) >= 11 is 0. The van der Waals surface area contributed by atoms with Gasteiger partial charge in [0.15, 0.2) is 0 Å². The summed E-state index contributed by atoms with van der Waals surface area (Å²) in [6.45, 7) is 3.96. The van der Waals surface area contributed by atoms with Crippen molar-refractivity contribution in [2.45, 2.75) is 39.2 Å². The predicted molar refractivity (Wildman–Crippen MR) is 107 cm³/mol. The molecular weight excluding hydrogens is 370 g/mol. The maximum absolute atomic E-state index is 12.8. The molecule has 29 heavy (non-hydrogen) atoms. The summed E-state index contributed by atoms with van der Waals surface area (Å²) < 4.78 is 5.71. The minimum atomic E-state index is -0.894.